The highest BCUT2D eigenvalue weighted by atomic mass is 16.4. The van der Waals surface area contributed by atoms with Gasteiger partial charge in [0.15, 0.2) is 0 Å². The minimum Gasteiger partial charge on any atom is -0.478 e. The Balaban J connectivity index is 2.07. The molecule has 0 unspecified atom stereocenters. The smallest absolute Gasteiger partial charge is 0.339 e. The molecule has 0 amide bonds. The first-order valence-corrected chi connectivity index (χ1v) is 7.11. The average Bonchev–Trinajstić information content (AvgIpc) is 2.36. The van der Waals surface area contributed by atoms with Crippen molar-refractivity contribution in [2.24, 2.45) is 5.92 Å². The van der Waals surface area contributed by atoms with Gasteiger partial charge in [0, 0.05) is 12.2 Å². The lowest BCUT2D eigenvalue weighted by molar-refractivity contribution is 0.0696. The van der Waals surface area contributed by atoms with Crippen LogP contribution in [0.1, 0.15) is 34.6 Å². The van der Waals surface area contributed by atoms with Crippen molar-refractivity contribution in [3.8, 4) is 0 Å². The molecule has 0 aliphatic carbocycles. The normalized spacial score (nSPS) is 17.1. The van der Waals surface area contributed by atoms with E-state index < -0.39 is 5.97 Å². The molecule has 5 heteroatoms. The third kappa shape index (κ3) is 3.48. The fourth-order valence-corrected chi connectivity index (χ4v) is 2.76. The number of aryl methyl sites for hydroxylation is 2. The zero-order valence-electron chi connectivity index (χ0n) is 12.4. The fourth-order valence-electron chi connectivity index (χ4n) is 2.76. The largest absolute Gasteiger partial charge is 0.478 e. The number of piperidine rings is 1. The second kappa shape index (κ2) is 6.22. The summed E-state index contributed by atoms with van der Waals surface area (Å²) in [5, 5.41) is 12.6. The summed E-state index contributed by atoms with van der Waals surface area (Å²) in [5.41, 5.74) is 2.41. The third-order valence-electron chi connectivity index (χ3n) is 3.96. The molecule has 1 saturated heterocycles. The van der Waals surface area contributed by atoms with Crippen molar-refractivity contribution in [1.82, 2.24) is 9.88 Å². The Morgan fingerprint density at radius 1 is 1.45 bits per heavy atom. The Morgan fingerprint density at radius 3 is 2.70 bits per heavy atom. The Morgan fingerprint density at radius 2 is 2.10 bits per heavy atom. The van der Waals surface area contributed by atoms with Gasteiger partial charge >= 0.3 is 5.97 Å². The van der Waals surface area contributed by atoms with Crippen molar-refractivity contribution in [3.05, 3.63) is 23.0 Å². The summed E-state index contributed by atoms with van der Waals surface area (Å²) < 4.78 is 0. The molecule has 2 heterocycles. The predicted octanol–water partition coefficient (Wildman–Crippen LogP) is 2.15. The monoisotopic (exact) mass is 277 g/mol. The number of carboxylic acids is 1. The van der Waals surface area contributed by atoms with Gasteiger partial charge in [-0.2, -0.15) is 0 Å². The molecule has 1 aromatic heterocycles. The van der Waals surface area contributed by atoms with Crippen LogP contribution in [0.3, 0.4) is 0 Å². The highest BCUT2D eigenvalue weighted by Crippen LogP contribution is 2.22. The van der Waals surface area contributed by atoms with Crippen molar-refractivity contribution in [1.29, 1.82) is 0 Å². The molecule has 1 aliphatic heterocycles. The lowest BCUT2D eigenvalue weighted by atomic mass is 9.97. The van der Waals surface area contributed by atoms with Crippen LogP contribution in [0, 0.1) is 19.8 Å². The summed E-state index contributed by atoms with van der Waals surface area (Å²) in [6.45, 7) is 6.70. The summed E-state index contributed by atoms with van der Waals surface area (Å²) >= 11 is 0. The van der Waals surface area contributed by atoms with Crippen LogP contribution in [0.15, 0.2) is 6.07 Å². The fraction of sp³-hybridized carbons (Fsp3) is 0.600. The Labute approximate surface area is 120 Å². The van der Waals surface area contributed by atoms with Gasteiger partial charge in [0.05, 0.1) is 11.4 Å². The molecule has 1 aromatic rings. The highest BCUT2D eigenvalue weighted by molar-refractivity contribution is 5.95. The molecule has 1 aliphatic rings. The van der Waals surface area contributed by atoms with Gasteiger partial charge in [0.25, 0.3) is 0 Å². The van der Waals surface area contributed by atoms with E-state index in [1.54, 1.807) is 6.92 Å². The van der Waals surface area contributed by atoms with Gasteiger partial charge in [0.2, 0.25) is 0 Å². The molecule has 110 valence electrons. The highest BCUT2D eigenvalue weighted by Gasteiger charge is 2.19. The Hall–Kier alpha value is -1.62. The van der Waals surface area contributed by atoms with E-state index in [4.69, 9.17) is 0 Å². The Kier molecular flexibility index (Phi) is 4.60. The van der Waals surface area contributed by atoms with E-state index in [0.717, 1.165) is 38.2 Å². The van der Waals surface area contributed by atoms with E-state index in [0.29, 0.717) is 22.9 Å². The number of aromatic carboxylic acids is 1. The second-order valence-electron chi connectivity index (χ2n) is 5.70. The van der Waals surface area contributed by atoms with E-state index >= 15 is 0 Å². The van der Waals surface area contributed by atoms with Crippen LogP contribution in [-0.2, 0) is 0 Å². The third-order valence-corrected chi connectivity index (χ3v) is 3.96. The number of nitrogens with zero attached hydrogens (tertiary/aromatic N) is 2. The molecule has 2 N–H and O–H groups in total. The molecule has 2 rings (SSSR count). The van der Waals surface area contributed by atoms with E-state index in [1.165, 1.54) is 0 Å². The zero-order chi connectivity index (χ0) is 14.7. The first kappa shape index (κ1) is 14.8. The molecule has 20 heavy (non-hydrogen) atoms. The van der Waals surface area contributed by atoms with Crippen LogP contribution in [-0.4, -0.2) is 47.6 Å². The first-order valence-electron chi connectivity index (χ1n) is 7.11. The number of anilines is 1. The van der Waals surface area contributed by atoms with Crippen LogP contribution < -0.4 is 5.32 Å². The SMILES string of the molecule is Cc1cc(NCC2CCN(C)CC2)c(C(=O)O)c(C)n1. The number of carboxylic acid groups (broad SMARTS) is 1. The molecule has 5 nitrogen and oxygen atoms in total. The van der Waals surface area contributed by atoms with Crippen LogP contribution in [0.25, 0.3) is 0 Å². The minimum absolute atomic E-state index is 0.295. The van der Waals surface area contributed by atoms with Gasteiger partial charge < -0.3 is 15.3 Å². The summed E-state index contributed by atoms with van der Waals surface area (Å²) in [4.78, 5) is 17.9. The molecule has 0 radical (unpaired) electrons. The molecule has 0 bridgehead atoms. The maximum absolute atomic E-state index is 11.4. The van der Waals surface area contributed by atoms with Crippen molar-refractivity contribution < 1.29 is 9.90 Å². The van der Waals surface area contributed by atoms with Crippen molar-refractivity contribution in [2.45, 2.75) is 26.7 Å². The molecule has 0 spiro atoms. The van der Waals surface area contributed by atoms with Gasteiger partial charge in [-0.1, -0.05) is 0 Å². The standard InChI is InChI=1S/C15H23N3O2/c1-10-8-13(14(15(19)20)11(2)17-10)16-9-12-4-6-18(3)7-5-12/h8,12H,4-7,9H2,1-3H3,(H,16,17)(H,19,20). The van der Waals surface area contributed by atoms with E-state index in [2.05, 4.69) is 22.2 Å². The number of hydrogen-bond acceptors (Lipinski definition) is 4. The number of pyridine rings is 1. The van der Waals surface area contributed by atoms with Crippen LogP contribution in [0.2, 0.25) is 0 Å². The lowest BCUT2D eigenvalue weighted by Gasteiger charge is -2.29. The van der Waals surface area contributed by atoms with Crippen LogP contribution in [0.5, 0.6) is 0 Å². The van der Waals surface area contributed by atoms with Crippen LogP contribution >= 0.6 is 0 Å². The molecule has 0 saturated carbocycles. The lowest BCUT2D eigenvalue weighted by Crippen LogP contribution is -2.33. The molecule has 0 atom stereocenters. The summed E-state index contributed by atoms with van der Waals surface area (Å²) in [7, 11) is 2.14. The maximum atomic E-state index is 11.4. The van der Waals surface area contributed by atoms with E-state index in [9.17, 15) is 9.90 Å². The summed E-state index contributed by atoms with van der Waals surface area (Å²) in [6.07, 6.45) is 2.32. The number of carbonyl (C=O) groups is 1. The van der Waals surface area contributed by atoms with E-state index in [-0.39, 0.29) is 0 Å². The first-order chi connectivity index (χ1) is 9.47. The number of hydrogen-bond donors (Lipinski definition) is 2. The van der Waals surface area contributed by atoms with Gasteiger partial charge in [-0.3, -0.25) is 4.98 Å². The van der Waals surface area contributed by atoms with Crippen molar-refractivity contribution in [2.75, 3.05) is 32.0 Å². The Bertz CT molecular complexity index is 494. The van der Waals surface area contributed by atoms with Crippen molar-refractivity contribution >= 4 is 11.7 Å². The van der Waals surface area contributed by atoms with Gasteiger partial charge in [-0.05, 0) is 58.8 Å². The number of aromatic nitrogens is 1. The number of likely N-dealkylation sites (tertiary alicyclic amines) is 1. The summed E-state index contributed by atoms with van der Waals surface area (Å²) in [6, 6.07) is 1.82. The average molecular weight is 277 g/mol. The number of nitrogens with one attached hydrogen (secondary N) is 1. The maximum Gasteiger partial charge on any atom is 0.339 e. The van der Waals surface area contributed by atoms with Gasteiger partial charge in [0.1, 0.15) is 5.56 Å². The predicted molar refractivity (Wildman–Crippen MR) is 79.4 cm³/mol. The van der Waals surface area contributed by atoms with Gasteiger partial charge in [-0.25, -0.2) is 4.79 Å². The van der Waals surface area contributed by atoms with Gasteiger partial charge in [-0.15, -0.1) is 0 Å². The molecule has 1 fully saturated rings. The van der Waals surface area contributed by atoms with Crippen LogP contribution in [0.4, 0.5) is 5.69 Å². The minimum atomic E-state index is -0.916. The zero-order valence-corrected chi connectivity index (χ0v) is 12.4. The molecular formula is C15H23N3O2. The quantitative estimate of drug-likeness (QED) is 0.883. The number of rotatable bonds is 4. The van der Waals surface area contributed by atoms with Crippen molar-refractivity contribution in [3.63, 3.8) is 0 Å². The summed E-state index contributed by atoms with van der Waals surface area (Å²) in [5.74, 6) is -0.303. The second-order valence-corrected chi connectivity index (χ2v) is 5.70. The van der Waals surface area contributed by atoms with E-state index in [1.807, 2.05) is 13.0 Å². The molecular weight excluding hydrogens is 254 g/mol. The molecule has 0 aromatic carbocycles. The topological polar surface area (TPSA) is 65.5 Å².